The highest BCUT2D eigenvalue weighted by atomic mass is 15.3. The van der Waals surface area contributed by atoms with Gasteiger partial charge in [-0.05, 0) is 38.7 Å². The second kappa shape index (κ2) is 4.35. The Hall–Kier alpha value is -0.870. The number of hydrogen-bond acceptors (Lipinski definition) is 3. The summed E-state index contributed by atoms with van der Waals surface area (Å²) in [5, 5.41) is 8.20. The third kappa shape index (κ3) is 2.59. The molecule has 1 atom stereocenters. The summed E-state index contributed by atoms with van der Waals surface area (Å²) in [5.41, 5.74) is 1.42. The Morgan fingerprint density at radius 2 is 2.22 bits per heavy atom. The lowest BCUT2D eigenvalue weighted by atomic mass is 9.96. The van der Waals surface area contributed by atoms with Crippen LogP contribution >= 0.6 is 0 Å². The van der Waals surface area contributed by atoms with Crippen molar-refractivity contribution in [2.45, 2.75) is 44.8 Å². The van der Waals surface area contributed by atoms with Gasteiger partial charge in [0.2, 0.25) is 0 Å². The first-order chi connectivity index (χ1) is 8.53. The smallest absolute Gasteiger partial charge is 0.0764 e. The molecule has 2 fully saturated rings. The van der Waals surface area contributed by atoms with E-state index in [9.17, 15) is 0 Å². The summed E-state index contributed by atoms with van der Waals surface area (Å²) in [6, 6.07) is 2.85. The van der Waals surface area contributed by atoms with Crippen LogP contribution in [0.2, 0.25) is 0 Å². The number of nitrogens with zero attached hydrogens (tertiary/aromatic N) is 3. The van der Waals surface area contributed by atoms with E-state index in [0.717, 1.165) is 25.6 Å². The minimum atomic E-state index is 0.222. The molecule has 1 unspecified atom stereocenters. The molecule has 1 saturated carbocycles. The summed E-state index contributed by atoms with van der Waals surface area (Å²) >= 11 is 0. The topological polar surface area (TPSA) is 33.1 Å². The molecule has 1 N–H and O–H groups in total. The zero-order chi connectivity index (χ0) is 12.8. The number of hydrogen-bond donors (Lipinski definition) is 1. The number of aryl methyl sites for hydroxylation is 1. The molecule has 0 aromatic carbocycles. The number of nitrogens with one attached hydrogen (secondary N) is 1. The molecule has 18 heavy (non-hydrogen) atoms. The normalized spacial score (nSPS) is 28.5. The van der Waals surface area contributed by atoms with Crippen molar-refractivity contribution < 1.29 is 0 Å². The van der Waals surface area contributed by atoms with Gasteiger partial charge in [0.05, 0.1) is 5.69 Å². The van der Waals surface area contributed by atoms with Crippen molar-refractivity contribution in [1.29, 1.82) is 0 Å². The van der Waals surface area contributed by atoms with Crippen LogP contribution in [0, 0.1) is 5.92 Å². The van der Waals surface area contributed by atoms with E-state index in [1.165, 1.54) is 18.5 Å². The van der Waals surface area contributed by atoms with Crippen LogP contribution in [0.1, 0.15) is 32.4 Å². The number of rotatable bonds is 3. The summed E-state index contributed by atoms with van der Waals surface area (Å²) in [4.78, 5) is 2.64. The van der Waals surface area contributed by atoms with E-state index in [0.29, 0.717) is 6.04 Å². The standard InChI is InChI=1S/C14H24N4/c1-14(2)10-18(9-12-6-7-17(3)16-12)13(8-15-14)11-4-5-11/h6-7,11,13,15H,4-5,8-10H2,1-3H3. The maximum atomic E-state index is 4.52. The molecule has 1 saturated heterocycles. The minimum Gasteiger partial charge on any atom is -0.309 e. The van der Waals surface area contributed by atoms with Crippen molar-refractivity contribution in [3.63, 3.8) is 0 Å². The van der Waals surface area contributed by atoms with Gasteiger partial charge in [-0.1, -0.05) is 0 Å². The first-order valence-corrected chi connectivity index (χ1v) is 7.01. The van der Waals surface area contributed by atoms with E-state index in [2.05, 4.69) is 35.2 Å². The van der Waals surface area contributed by atoms with Crippen molar-refractivity contribution in [3.05, 3.63) is 18.0 Å². The summed E-state index contributed by atoms with van der Waals surface area (Å²) in [6.45, 7) is 7.82. The van der Waals surface area contributed by atoms with Gasteiger partial charge >= 0.3 is 0 Å². The Kier molecular flexibility index (Phi) is 2.94. The van der Waals surface area contributed by atoms with E-state index in [1.807, 2.05) is 17.9 Å². The van der Waals surface area contributed by atoms with Crippen molar-refractivity contribution in [2.75, 3.05) is 13.1 Å². The third-order valence-corrected chi connectivity index (χ3v) is 4.16. The van der Waals surface area contributed by atoms with Crippen LogP contribution in [-0.2, 0) is 13.6 Å². The van der Waals surface area contributed by atoms with Crippen molar-refractivity contribution in [1.82, 2.24) is 20.0 Å². The number of aromatic nitrogens is 2. The highest BCUT2D eigenvalue weighted by molar-refractivity contribution is 5.04. The molecule has 0 radical (unpaired) electrons. The number of piperazine rings is 1. The first kappa shape index (κ1) is 12.2. The van der Waals surface area contributed by atoms with Crippen LogP contribution in [0.15, 0.2) is 12.3 Å². The Bertz CT molecular complexity index is 419. The predicted molar refractivity (Wildman–Crippen MR) is 72.2 cm³/mol. The highest BCUT2D eigenvalue weighted by Gasteiger charge is 2.40. The molecule has 1 aromatic rings. The average molecular weight is 248 g/mol. The molecule has 4 heteroatoms. The Morgan fingerprint density at radius 1 is 1.44 bits per heavy atom. The maximum Gasteiger partial charge on any atom is 0.0764 e. The van der Waals surface area contributed by atoms with Gasteiger partial charge in [0, 0.05) is 44.5 Å². The van der Waals surface area contributed by atoms with Crippen molar-refractivity contribution >= 4 is 0 Å². The monoisotopic (exact) mass is 248 g/mol. The van der Waals surface area contributed by atoms with E-state index in [4.69, 9.17) is 0 Å². The Balaban J connectivity index is 1.72. The maximum absolute atomic E-state index is 4.52. The molecule has 1 aromatic heterocycles. The lowest BCUT2D eigenvalue weighted by Crippen LogP contribution is -2.61. The lowest BCUT2D eigenvalue weighted by molar-refractivity contribution is 0.0747. The second-order valence-electron chi connectivity index (χ2n) is 6.56. The molecule has 2 heterocycles. The molecule has 2 aliphatic rings. The molecule has 0 amide bonds. The van der Waals surface area contributed by atoms with Gasteiger partial charge in [0.1, 0.15) is 0 Å². The zero-order valence-electron chi connectivity index (χ0n) is 11.7. The fourth-order valence-electron chi connectivity index (χ4n) is 3.07. The predicted octanol–water partition coefficient (Wildman–Crippen LogP) is 1.38. The van der Waals surface area contributed by atoms with Crippen molar-refractivity contribution in [3.8, 4) is 0 Å². The first-order valence-electron chi connectivity index (χ1n) is 7.01. The molecule has 1 aliphatic carbocycles. The summed E-state index contributed by atoms with van der Waals surface area (Å²) in [5.74, 6) is 0.914. The zero-order valence-corrected chi connectivity index (χ0v) is 11.7. The van der Waals surface area contributed by atoms with Gasteiger partial charge in [-0.25, -0.2) is 0 Å². The van der Waals surface area contributed by atoms with Gasteiger partial charge in [-0.15, -0.1) is 0 Å². The summed E-state index contributed by atoms with van der Waals surface area (Å²) < 4.78 is 1.90. The Morgan fingerprint density at radius 3 is 2.83 bits per heavy atom. The van der Waals surface area contributed by atoms with Gasteiger partial charge in [0.15, 0.2) is 0 Å². The molecule has 100 valence electrons. The molecule has 0 spiro atoms. The second-order valence-corrected chi connectivity index (χ2v) is 6.56. The van der Waals surface area contributed by atoms with E-state index < -0.39 is 0 Å². The van der Waals surface area contributed by atoms with E-state index in [1.54, 1.807) is 0 Å². The lowest BCUT2D eigenvalue weighted by Gasteiger charge is -2.44. The molecular weight excluding hydrogens is 224 g/mol. The molecule has 4 nitrogen and oxygen atoms in total. The molecule has 3 rings (SSSR count). The quantitative estimate of drug-likeness (QED) is 0.877. The van der Waals surface area contributed by atoms with Crippen LogP contribution in [-0.4, -0.2) is 39.4 Å². The Labute approximate surface area is 109 Å². The fraction of sp³-hybridized carbons (Fsp3) is 0.786. The molecule has 0 bridgehead atoms. The summed E-state index contributed by atoms with van der Waals surface area (Å²) in [6.07, 6.45) is 4.85. The van der Waals surface area contributed by atoms with Gasteiger partial charge in [-0.3, -0.25) is 9.58 Å². The van der Waals surface area contributed by atoms with Crippen LogP contribution < -0.4 is 5.32 Å². The van der Waals surface area contributed by atoms with Crippen LogP contribution in [0.3, 0.4) is 0 Å². The van der Waals surface area contributed by atoms with Gasteiger partial charge in [-0.2, -0.15) is 5.10 Å². The minimum absolute atomic E-state index is 0.222. The largest absolute Gasteiger partial charge is 0.309 e. The van der Waals surface area contributed by atoms with Crippen LogP contribution in [0.5, 0.6) is 0 Å². The highest BCUT2D eigenvalue weighted by Crippen LogP contribution is 2.37. The molecular formula is C14H24N4. The van der Waals surface area contributed by atoms with Crippen LogP contribution in [0.4, 0.5) is 0 Å². The fourth-order valence-corrected chi connectivity index (χ4v) is 3.07. The average Bonchev–Trinajstić information content (AvgIpc) is 3.02. The van der Waals surface area contributed by atoms with Crippen molar-refractivity contribution in [2.24, 2.45) is 13.0 Å². The summed E-state index contributed by atoms with van der Waals surface area (Å²) in [7, 11) is 1.99. The third-order valence-electron chi connectivity index (χ3n) is 4.16. The van der Waals surface area contributed by atoms with E-state index in [-0.39, 0.29) is 5.54 Å². The SMILES string of the molecule is Cn1ccc(CN2CC(C)(C)NCC2C2CC2)n1. The van der Waals surface area contributed by atoms with Gasteiger partial charge < -0.3 is 5.32 Å². The van der Waals surface area contributed by atoms with E-state index >= 15 is 0 Å². The van der Waals surface area contributed by atoms with Crippen LogP contribution in [0.25, 0.3) is 0 Å². The molecule has 1 aliphatic heterocycles. The van der Waals surface area contributed by atoms with Gasteiger partial charge in [0.25, 0.3) is 0 Å².